The molecular formula is C23H29NO5S2. The van der Waals surface area contributed by atoms with Crippen molar-refractivity contribution in [3.63, 3.8) is 0 Å². The molecule has 0 saturated carbocycles. The highest BCUT2D eigenvalue weighted by Gasteiger charge is 2.50. The molecule has 168 valence electrons. The number of rotatable bonds is 7. The molecule has 31 heavy (non-hydrogen) atoms. The highest BCUT2D eigenvalue weighted by Crippen LogP contribution is 2.43. The molecule has 0 aromatic heterocycles. The fraction of sp³-hybridized carbons (Fsp3) is 0.478. The van der Waals surface area contributed by atoms with Crippen LogP contribution in [-0.2, 0) is 19.9 Å². The first-order valence-corrected chi connectivity index (χ1v) is 13.7. The van der Waals surface area contributed by atoms with Crippen molar-refractivity contribution >= 4 is 19.9 Å². The molecule has 2 atom stereocenters. The van der Waals surface area contributed by atoms with Crippen LogP contribution in [0.4, 0.5) is 0 Å². The molecule has 2 saturated heterocycles. The van der Waals surface area contributed by atoms with E-state index in [0.29, 0.717) is 48.9 Å². The predicted molar refractivity (Wildman–Crippen MR) is 119 cm³/mol. The monoisotopic (exact) mass is 463 g/mol. The summed E-state index contributed by atoms with van der Waals surface area (Å²) in [6.45, 7) is 4.67. The summed E-state index contributed by atoms with van der Waals surface area (Å²) in [6.07, 6.45) is 2.06. The molecule has 0 N–H and O–H groups in total. The van der Waals surface area contributed by atoms with Gasteiger partial charge in [-0.1, -0.05) is 32.0 Å². The van der Waals surface area contributed by atoms with E-state index < -0.39 is 25.1 Å². The minimum absolute atomic E-state index is 0.227. The van der Waals surface area contributed by atoms with Gasteiger partial charge in [0.05, 0.1) is 21.6 Å². The number of piperidine rings is 1. The first-order chi connectivity index (χ1) is 14.7. The molecule has 2 bridgehead atoms. The van der Waals surface area contributed by atoms with Crippen LogP contribution >= 0.6 is 0 Å². The largest absolute Gasteiger partial charge is 0.493 e. The quantitative estimate of drug-likeness (QED) is 0.623. The maximum absolute atomic E-state index is 13.4. The lowest BCUT2D eigenvalue weighted by molar-refractivity contribution is 0.249. The van der Waals surface area contributed by atoms with E-state index in [1.165, 1.54) is 0 Å². The van der Waals surface area contributed by atoms with Gasteiger partial charge in [0.2, 0.25) is 10.0 Å². The fourth-order valence-corrected chi connectivity index (χ4v) is 8.39. The molecule has 8 heteroatoms. The number of fused-ring (bicyclic) bond motifs is 2. The predicted octanol–water partition coefficient (Wildman–Crippen LogP) is 3.88. The summed E-state index contributed by atoms with van der Waals surface area (Å²) in [6, 6.07) is 14.4. The average molecular weight is 464 g/mol. The first-order valence-electron chi connectivity index (χ1n) is 10.7. The number of hydrogen-bond acceptors (Lipinski definition) is 5. The highest BCUT2D eigenvalue weighted by molar-refractivity contribution is 7.92. The second-order valence-corrected chi connectivity index (χ2v) is 12.9. The molecule has 2 unspecified atom stereocenters. The summed E-state index contributed by atoms with van der Waals surface area (Å²) < 4.78 is 60.2. The smallest absolute Gasteiger partial charge is 0.243 e. The Morgan fingerprint density at radius 3 is 2.00 bits per heavy atom. The topological polar surface area (TPSA) is 80.8 Å². The Labute approximate surface area is 185 Å². The van der Waals surface area contributed by atoms with Crippen LogP contribution in [0.15, 0.2) is 64.4 Å². The van der Waals surface area contributed by atoms with E-state index in [1.54, 1.807) is 58.9 Å². The van der Waals surface area contributed by atoms with Gasteiger partial charge in [-0.05, 0) is 68.0 Å². The van der Waals surface area contributed by atoms with E-state index in [1.807, 2.05) is 0 Å². The molecule has 2 heterocycles. The summed E-state index contributed by atoms with van der Waals surface area (Å²) in [5.74, 6) is 1.02. The van der Waals surface area contributed by atoms with Crippen molar-refractivity contribution in [3.05, 3.63) is 54.6 Å². The third-order valence-electron chi connectivity index (χ3n) is 6.12. The van der Waals surface area contributed by atoms with Gasteiger partial charge in [0.15, 0.2) is 9.84 Å². The molecule has 0 radical (unpaired) electrons. The summed E-state index contributed by atoms with van der Waals surface area (Å²) in [5, 5.41) is -0.550. The second kappa shape index (κ2) is 8.56. The van der Waals surface area contributed by atoms with Gasteiger partial charge in [0, 0.05) is 12.1 Å². The van der Waals surface area contributed by atoms with E-state index in [-0.39, 0.29) is 17.0 Å². The minimum Gasteiger partial charge on any atom is -0.493 e. The molecule has 0 aliphatic carbocycles. The maximum atomic E-state index is 13.4. The average Bonchev–Trinajstić information content (AvgIpc) is 3.04. The van der Waals surface area contributed by atoms with Crippen molar-refractivity contribution in [2.24, 2.45) is 5.92 Å². The van der Waals surface area contributed by atoms with Gasteiger partial charge in [-0.2, -0.15) is 4.31 Å². The molecule has 2 aliphatic rings. The third-order valence-corrected chi connectivity index (χ3v) is 10.3. The van der Waals surface area contributed by atoms with Crippen LogP contribution in [0.3, 0.4) is 0 Å². The third kappa shape index (κ3) is 4.38. The first kappa shape index (κ1) is 22.3. The molecule has 4 rings (SSSR count). The molecule has 6 nitrogen and oxygen atoms in total. The maximum Gasteiger partial charge on any atom is 0.243 e. The van der Waals surface area contributed by atoms with E-state index in [2.05, 4.69) is 13.8 Å². The van der Waals surface area contributed by atoms with Crippen molar-refractivity contribution in [3.8, 4) is 5.75 Å². The SMILES string of the molecule is CC(C)COc1ccc(S(=O)(=O)N2C3CCC2CC(S(=O)(=O)c2ccccc2)C3)cc1. The number of benzene rings is 2. The fourth-order valence-electron chi connectivity index (χ4n) is 4.62. The second-order valence-electron chi connectivity index (χ2n) is 8.85. The summed E-state index contributed by atoms with van der Waals surface area (Å²) in [4.78, 5) is 0.540. The molecule has 2 aromatic rings. The van der Waals surface area contributed by atoms with Gasteiger partial charge in [-0.3, -0.25) is 0 Å². The molecule has 0 spiro atoms. The van der Waals surface area contributed by atoms with Crippen molar-refractivity contribution < 1.29 is 21.6 Å². The number of ether oxygens (including phenoxy) is 1. The molecule has 2 aromatic carbocycles. The van der Waals surface area contributed by atoms with Crippen molar-refractivity contribution in [2.45, 2.75) is 66.7 Å². The Kier molecular flexibility index (Phi) is 6.16. The Balaban J connectivity index is 1.53. The number of nitrogens with zero attached hydrogens (tertiary/aromatic N) is 1. The normalized spacial score (nSPS) is 24.4. The Morgan fingerprint density at radius 2 is 1.45 bits per heavy atom. The zero-order valence-corrected chi connectivity index (χ0v) is 19.5. The van der Waals surface area contributed by atoms with Crippen LogP contribution in [0, 0.1) is 5.92 Å². The van der Waals surface area contributed by atoms with Crippen LogP contribution in [0.25, 0.3) is 0 Å². The Bertz CT molecular complexity index is 1100. The van der Waals surface area contributed by atoms with E-state index in [9.17, 15) is 16.8 Å². The summed E-state index contributed by atoms with van der Waals surface area (Å²) in [5.41, 5.74) is 0. The number of sulfonamides is 1. The molecule has 2 aliphatic heterocycles. The lowest BCUT2D eigenvalue weighted by Crippen LogP contribution is -2.49. The standard InChI is InChI=1S/C23H29NO5S2/c1-17(2)16-29-20-10-12-22(13-11-20)31(27,28)24-18-8-9-19(24)15-23(14-18)30(25,26)21-6-4-3-5-7-21/h3-7,10-13,17-19,23H,8-9,14-16H2,1-2H3. The van der Waals surface area contributed by atoms with Crippen LogP contribution in [-0.4, -0.2) is 45.1 Å². The van der Waals surface area contributed by atoms with Gasteiger partial charge < -0.3 is 4.74 Å². The highest BCUT2D eigenvalue weighted by atomic mass is 32.2. The van der Waals surface area contributed by atoms with Gasteiger partial charge in [-0.15, -0.1) is 0 Å². The lowest BCUT2D eigenvalue weighted by atomic mass is 10.1. The van der Waals surface area contributed by atoms with Crippen LogP contribution < -0.4 is 4.74 Å². The van der Waals surface area contributed by atoms with Crippen molar-refractivity contribution in [1.29, 1.82) is 0 Å². The Morgan fingerprint density at radius 1 is 0.871 bits per heavy atom. The Hall–Kier alpha value is -1.90. The molecule has 0 amide bonds. The minimum atomic E-state index is -3.70. The van der Waals surface area contributed by atoms with Gasteiger partial charge >= 0.3 is 0 Å². The van der Waals surface area contributed by atoms with E-state index in [0.717, 1.165) is 0 Å². The van der Waals surface area contributed by atoms with E-state index in [4.69, 9.17) is 4.74 Å². The summed E-state index contributed by atoms with van der Waals surface area (Å²) in [7, 11) is -7.18. The zero-order valence-electron chi connectivity index (χ0n) is 17.8. The molecule has 2 fully saturated rings. The van der Waals surface area contributed by atoms with Crippen molar-refractivity contribution in [1.82, 2.24) is 4.31 Å². The van der Waals surface area contributed by atoms with Gasteiger partial charge in [0.25, 0.3) is 0 Å². The molecular weight excluding hydrogens is 434 g/mol. The van der Waals surface area contributed by atoms with Crippen LogP contribution in [0.1, 0.15) is 39.5 Å². The van der Waals surface area contributed by atoms with Crippen LogP contribution in [0.5, 0.6) is 5.75 Å². The zero-order chi connectivity index (χ0) is 22.2. The lowest BCUT2D eigenvalue weighted by Gasteiger charge is -2.37. The van der Waals surface area contributed by atoms with Gasteiger partial charge in [-0.25, -0.2) is 16.8 Å². The van der Waals surface area contributed by atoms with E-state index >= 15 is 0 Å². The van der Waals surface area contributed by atoms with Gasteiger partial charge in [0.1, 0.15) is 5.75 Å². The number of sulfone groups is 1. The summed E-state index contributed by atoms with van der Waals surface area (Å²) >= 11 is 0. The van der Waals surface area contributed by atoms with Crippen molar-refractivity contribution in [2.75, 3.05) is 6.61 Å². The number of hydrogen-bond donors (Lipinski definition) is 0. The van der Waals surface area contributed by atoms with Crippen LogP contribution in [0.2, 0.25) is 0 Å².